The predicted octanol–water partition coefficient (Wildman–Crippen LogP) is 12.4. The van der Waals surface area contributed by atoms with Crippen molar-refractivity contribution >= 4 is 27.3 Å². The molecule has 271 valence electrons. The number of rotatable bonds is 10. The minimum Gasteiger partial charge on any atom is -0.512 e. The zero-order valence-corrected chi connectivity index (χ0v) is 34.6. The van der Waals surface area contributed by atoms with Gasteiger partial charge in [-0.3, -0.25) is 9.78 Å². The van der Waals surface area contributed by atoms with Gasteiger partial charge in [0.25, 0.3) is 0 Å². The van der Waals surface area contributed by atoms with E-state index in [-0.39, 0.29) is 47.9 Å². The van der Waals surface area contributed by atoms with E-state index in [2.05, 4.69) is 100 Å². The Morgan fingerprint density at radius 3 is 2.02 bits per heavy atom. The summed E-state index contributed by atoms with van der Waals surface area (Å²) in [5, 5.41) is 15.1. The summed E-state index contributed by atoms with van der Waals surface area (Å²) >= 11 is 0. The van der Waals surface area contributed by atoms with Gasteiger partial charge in [-0.15, -0.1) is 29.1 Å². The molecule has 0 fully saturated rings. The molecule has 6 rings (SSSR count). The molecule has 1 aliphatic rings. The van der Waals surface area contributed by atoms with Gasteiger partial charge in [-0.05, 0) is 72.1 Å². The quantitative estimate of drug-likeness (QED) is 0.0863. The van der Waals surface area contributed by atoms with Crippen molar-refractivity contribution in [2.45, 2.75) is 107 Å². The number of carbonyl (C=O) groups excluding carboxylic acids is 1. The molecule has 4 nitrogen and oxygen atoms in total. The van der Waals surface area contributed by atoms with Gasteiger partial charge in [0.2, 0.25) is 0 Å². The minimum absolute atomic E-state index is 0. The summed E-state index contributed by atoms with van der Waals surface area (Å²) in [5.74, 6) is 0.863. The Morgan fingerprint density at radius 1 is 0.843 bits per heavy atom. The zero-order chi connectivity index (χ0) is 36.4. The van der Waals surface area contributed by atoms with Gasteiger partial charge in [-0.1, -0.05) is 123 Å². The molecule has 0 saturated carbocycles. The number of allylic oxidation sites excluding steroid dienone is 2. The largest absolute Gasteiger partial charge is 0.512 e. The maximum atomic E-state index is 12.2. The van der Waals surface area contributed by atoms with Crippen LogP contribution >= 0.6 is 0 Å². The van der Waals surface area contributed by atoms with Crippen LogP contribution in [0.2, 0.25) is 0 Å². The van der Waals surface area contributed by atoms with E-state index in [4.69, 9.17) is 9.97 Å². The van der Waals surface area contributed by atoms with Crippen molar-refractivity contribution in [3.8, 4) is 22.5 Å². The van der Waals surface area contributed by atoms with Gasteiger partial charge in [-0.25, -0.2) is 4.98 Å². The van der Waals surface area contributed by atoms with Crippen LogP contribution in [0.25, 0.3) is 44.1 Å². The fraction of sp³-hybridized carbons (Fsp3) is 0.413. The van der Waals surface area contributed by atoms with Gasteiger partial charge in [-0.2, -0.15) is 0 Å². The van der Waals surface area contributed by atoms with Gasteiger partial charge in [0.15, 0.2) is 5.78 Å². The summed E-state index contributed by atoms with van der Waals surface area (Å²) in [6.45, 7) is 21.2. The van der Waals surface area contributed by atoms with Crippen molar-refractivity contribution in [3.63, 3.8) is 0 Å². The third kappa shape index (κ3) is 7.76. The average Bonchev–Trinajstić information content (AvgIpc) is 3.35. The molecule has 51 heavy (non-hydrogen) atoms. The fourth-order valence-corrected chi connectivity index (χ4v) is 7.20. The summed E-state index contributed by atoms with van der Waals surface area (Å²) in [6, 6.07) is 27.8. The van der Waals surface area contributed by atoms with E-state index >= 15 is 0 Å². The summed E-state index contributed by atoms with van der Waals surface area (Å²) in [6.07, 6.45) is 7.51. The number of aliphatic hydroxyl groups excluding tert-OH is 1. The standard InChI is InChI=1S/C31H27N2.C15H28O2.Ir/c1-19(2)13-23-15-24(14-22-11-7-8-12-25(22)23)29-28-30(33-18-32-29)26-16-20-9-5-6-10-21(20)17-27(26)31(28,3)4;1-7-14(5,8-2)12(16)11-13(17)15(6,9-3)10-4;/h5-12,15-19H,13H2,1-4H3;11,16H,7-10H2,1-6H3;/q-1;;/b;12-11-;. The van der Waals surface area contributed by atoms with Gasteiger partial charge in [0.1, 0.15) is 12.1 Å². The van der Waals surface area contributed by atoms with Crippen molar-refractivity contribution < 1.29 is 30.0 Å². The van der Waals surface area contributed by atoms with Crippen LogP contribution < -0.4 is 0 Å². The monoisotopic (exact) mass is 860 g/mol. The maximum Gasteiger partial charge on any atom is 0.164 e. The fourth-order valence-electron chi connectivity index (χ4n) is 7.20. The Labute approximate surface area is 319 Å². The van der Waals surface area contributed by atoms with E-state index in [1.807, 2.05) is 41.5 Å². The van der Waals surface area contributed by atoms with Crippen molar-refractivity contribution in [2.24, 2.45) is 16.7 Å². The van der Waals surface area contributed by atoms with Crippen LogP contribution in [-0.4, -0.2) is 20.9 Å². The van der Waals surface area contributed by atoms with Crippen LogP contribution in [0, 0.1) is 22.8 Å². The van der Waals surface area contributed by atoms with E-state index in [9.17, 15) is 9.90 Å². The Bertz CT molecular complexity index is 2050. The molecule has 0 spiro atoms. The van der Waals surface area contributed by atoms with E-state index in [1.165, 1.54) is 44.5 Å². The van der Waals surface area contributed by atoms with Crippen molar-refractivity contribution in [1.82, 2.24) is 9.97 Å². The Balaban J connectivity index is 0.000000279. The SMILES string of the molecule is CC(C)Cc1cc(-c2ncnc3c2C(C)(C)c2cc4ccccc4cc2-3)[c-]c2ccccc12.CCC(C)(CC)C(=O)/C=C(\O)C(C)(CC)CC.[Ir]. The van der Waals surface area contributed by atoms with Crippen LogP contribution in [0.3, 0.4) is 0 Å². The molecule has 0 unspecified atom stereocenters. The Kier molecular flexibility index (Phi) is 12.5. The number of aliphatic hydroxyl groups is 1. The first-order valence-corrected chi connectivity index (χ1v) is 18.5. The number of ketones is 1. The second-order valence-electron chi connectivity index (χ2n) is 15.6. The van der Waals surface area contributed by atoms with Crippen molar-refractivity contribution in [1.29, 1.82) is 0 Å². The second kappa shape index (κ2) is 15.9. The molecule has 5 aromatic rings. The first-order valence-electron chi connectivity index (χ1n) is 18.5. The number of aromatic nitrogens is 2. The molecular formula is C46H55IrN2O2-. The molecule has 0 atom stereocenters. The molecule has 4 aromatic carbocycles. The van der Waals surface area contributed by atoms with Crippen LogP contribution in [0.1, 0.15) is 112 Å². The molecule has 0 bridgehead atoms. The smallest absolute Gasteiger partial charge is 0.164 e. The average molecular weight is 860 g/mol. The number of hydrogen-bond acceptors (Lipinski definition) is 4. The number of fused-ring (bicyclic) bond motifs is 5. The number of hydrogen-bond donors (Lipinski definition) is 1. The zero-order valence-electron chi connectivity index (χ0n) is 32.2. The van der Waals surface area contributed by atoms with Crippen LogP contribution in [0.5, 0.6) is 0 Å². The first-order chi connectivity index (χ1) is 23.7. The van der Waals surface area contributed by atoms with E-state index in [0.717, 1.165) is 54.4 Å². The number of nitrogens with zero attached hydrogens (tertiary/aromatic N) is 2. The van der Waals surface area contributed by atoms with Crippen LogP contribution in [0.4, 0.5) is 0 Å². The summed E-state index contributed by atoms with van der Waals surface area (Å²) in [7, 11) is 0. The summed E-state index contributed by atoms with van der Waals surface area (Å²) < 4.78 is 0. The van der Waals surface area contributed by atoms with Crippen LogP contribution in [0.15, 0.2) is 84.9 Å². The molecule has 0 amide bonds. The molecule has 1 radical (unpaired) electrons. The van der Waals surface area contributed by atoms with E-state index in [1.54, 1.807) is 6.33 Å². The number of carbonyl (C=O) groups is 1. The summed E-state index contributed by atoms with van der Waals surface area (Å²) in [5.41, 5.74) is 7.43. The van der Waals surface area contributed by atoms with Gasteiger partial charge in [0, 0.05) is 53.7 Å². The molecule has 1 aromatic heterocycles. The van der Waals surface area contributed by atoms with Crippen molar-refractivity contribution in [2.75, 3.05) is 0 Å². The summed E-state index contributed by atoms with van der Waals surface area (Å²) in [4.78, 5) is 21.8. The van der Waals surface area contributed by atoms with Crippen LogP contribution in [-0.2, 0) is 36.7 Å². The van der Waals surface area contributed by atoms with E-state index in [0.29, 0.717) is 5.92 Å². The second-order valence-corrected chi connectivity index (χ2v) is 15.6. The topological polar surface area (TPSA) is 63.1 Å². The third-order valence-electron chi connectivity index (χ3n) is 11.6. The first kappa shape index (κ1) is 40.1. The molecule has 1 aliphatic carbocycles. The molecule has 0 aliphatic heterocycles. The molecule has 1 N–H and O–H groups in total. The van der Waals surface area contributed by atoms with Gasteiger partial charge >= 0.3 is 0 Å². The molecule has 5 heteroatoms. The molecule has 1 heterocycles. The maximum absolute atomic E-state index is 12.2. The van der Waals surface area contributed by atoms with Gasteiger partial charge in [0.05, 0.1) is 5.69 Å². The number of benzene rings is 4. The minimum atomic E-state index is -0.337. The third-order valence-corrected chi connectivity index (χ3v) is 11.6. The predicted molar refractivity (Wildman–Crippen MR) is 211 cm³/mol. The molecule has 0 saturated heterocycles. The Hall–Kier alpha value is -3.66. The molecular weight excluding hydrogens is 805 g/mol. The normalized spacial score (nSPS) is 13.7. The Morgan fingerprint density at radius 2 is 1.41 bits per heavy atom. The van der Waals surface area contributed by atoms with E-state index < -0.39 is 0 Å². The van der Waals surface area contributed by atoms with Crippen molar-refractivity contribution in [3.05, 3.63) is 108 Å². The van der Waals surface area contributed by atoms with Gasteiger partial charge < -0.3 is 5.11 Å².